The Labute approximate surface area is 395 Å². The summed E-state index contributed by atoms with van der Waals surface area (Å²) in [5, 5.41) is 0. The predicted octanol–water partition coefficient (Wildman–Crippen LogP) is -5.78. The van der Waals surface area contributed by atoms with Crippen molar-refractivity contribution in [3.05, 3.63) is 0 Å². The summed E-state index contributed by atoms with van der Waals surface area (Å²) in [5.41, 5.74) is 5.19. The maximum Gasteiger partial charge on any atom is -0.412 e. The second-order valence-corrected chi connectivity index (χ2v) is 31.5. The molecule has 4 bridgehead atoms. The Hall–Kier alpha value is 3.07. The zero-order chi connectivity index (χ0) is 37.5. The van der Waals surface area contributed by atoms with E-state index in [0.717, 1.165) is 105 Å². The van der Waals surface area contributed by atoms with Gasteiger partial charge >= 0.3 is 361 Å². The van der Waals surface area contributed by atoms with Crippen LogP contribution in [-0.4, -0.2) is 316 Å². The Morgan fingerprint density at radius 2 is 0.897 bits per heavy atom. The minimum absolute atomic E-state index is 0. The summed E-state index contributed by atoms with van der Waals surface area (Å²) in [7, 11) is 0. The van der Waals surface area contributed by atoms with Crippen molar-refractivity contribution in [2.45, 2.75) is 46.0 Å². The SMILES string of the molecule is C1CN2CC[O][Sn]([O][Sn]34[O]CCN(CC[O]3)CC[O]4)([O]1)[O]CC2.CCC[O][Sn][O]CCN.CCN(CC)CC[O][Sn].CCN(CC)CC[O][Sn][CH3].O.O.O.O.O.O.O. The minimum Gasteiger partial charge on any atom is -0.412 e. The molecule has 0 amide bonds. The second kappa shape index (κ2) is 51.1. The molecule has 0 saturated carbocycles. The minimum atomic E-state index is -4.14. The fourth-order valence-corrected chi connectivity index (χ4v) is 29.4. The number of rotatable bonds is 19. The van der Waals surface area contributed by atoms with E-state index in [1.54, 1.807) is 0 Å². The summed E-state index contributed by atoms with van der Waals surface area (Å²) >= 11 is -8.44. The van der Waals surface area contributed by atoms with Crippen LogP contribution >= 0.6 is 0 Å². The first-order chi connectivity index (χ1) is 24.9. The van der Waals surface area contributed by atoms with Crippen molar-refractivity contribution >= 4 is 107 Å². The van der Waals surface area contributed by atoms with Gasteiger partial charge in [0, 0.05) is 0 Å². The molecule has 6 aliphatic rings. The maximum atomic E-state index is 6.36. The number of hydrogen-bond acceptors (Lipinski definition) is 16. The van der Waals surface area contributed by atoms with Gasteiger partial charge in [-0.05, 0) is 0 Å². The van der Waals surface area contributed by atoms with E-state index in [1.807, 2.05) is 0 Å². The van der Waals surface area contributed by atoms with E-state index in [0.29, 0.717) is 52.8 Å². The van der Waals surface area contributed by atoms with E-state index in [2.05, 4.69) is 59.2 Å². The van der Waals surface area contributed by atoms with Crippen LogP contribution in [0.1, 0.15) is 41.0 Å². The van der Waals surface area contributed by atoms with Crippen molar-refractivity contribution in [3.63, 3.8) is 0 Å². The van der Waals surface area contributed by atoms with Crippen molar-refractivity contribution in [1.82, 2.24) is 19.6 Å². The van der Waals surface area contributed by atoms with Gasteiger partial charge in [0.1, 0.15) is 0 Å². The van der Waals surface area contributed by atoms with Crippen molar-refractivity contribution in [2.75, 3.05) is 151 Å². The summed E-state index contributed by atoms with van der Waals surface area (Å²) in [6.07, 6.45) is 1.08. The zero-order valence-corrected chi connectivity index (χ0v) is 50.1. The molecule has 7 radical (unpaired) electrons. The molecule has 23 nitrogen and oxygen atoms in total. The fourth-order valence-electron chi connectivity index (χ4n) is 4.87. The zero-order valence-electron chi connectivity index (χ0n) is 35.8. The van der Waals surface area contributed by atoms with Gasteiger partial charge in [0.2, 0.25) is 0 Å². The van der Waals surface area contributed by atoms with Crippen molar-refractivity contribution in [3.8, 4) is 0 Å². The molecule has 0 atom stereocenters. The number of likely N-dealkylation sites (N-methyl/N-ethyl adjacent to an activating group) is 2. The summed E-state index contributed by atoms with van der Waals surface area (Å²) in [5.74, 6) is 0. The van der Waals surface area contributed by atoms with Gasteiger partial charge in [0.15, 0.2) is 0 Å². The molecule has 6 fully saturated rings. The monoisotopic (exact) mass is 1400 g/mol. The summed E-state index contributed by atoms with van der Waals surface area (Å²) < 4.78 is 63.1. The Kier molecular flexibility index (Phi) is 66.4. The molecule has 28 heteroatoms. The third-order valence-electron chi connectivity index (χ3n) is 7.96. The molecule has 0 unspecified atom stereocenters. The van der Waals surface area contributed by atoms with Crippen LogP contribution in [0.5, 0.6) is 0 Å². The molecular formula is C30H82N5O18Sn5. The Bertz CT molecular complexity index is 711. The van der Waals surface area contributed by atoms with Crippen molar-refractivity contribution < 1.29 is 70.5 Å². The average molecular weight is 1390 g/mol. The van der Waals surface area contributed by atoms with Crippen LogP contribution in [0, 0.1) is 0 Å². The maximum absolute atomic E-state index is 6.36. The first-order valence-corrected chi connectivity index (χ1v) is 35.4. The van der Waals surface area contributed by atoms with Gasteiger partial charge in [-0.3, -0.25) is 0 Å². The Morgan fingerprint density at radius 3 is 1.19 bits per heavy atom. The fraction of sp³-hybridized carbons (Fsp3) is 1.00. The molecule has 0 spiro atoms. The van der Waals surface area contributed by atoms with Gasteiger partial charge in [-0.1, -0.05) is 0 Å². The third-order valence-corrected chi connectivity index (χ3v) is 32.3. The standard InChI is InChI=1S/2C6H12NO3.2C6H14NO.C3H7O.C2H6NO.CH3.7H2O.O.5Sn/c2*8-4-1-7(2-5-9)3-6-10;2*1-3-7(4-2)5-6-8;1-2-3-4;3-1-2-4;;;;;;;;;;;;;;/h2*1-6H2;2*3-6H2,1-2H3;2-3H2,1H3;1-3H2;1H3;7*1H2;;;;;;/q2*-3;4*-1;;;;;;;;;;2*+1;+2;2*+3. The molecule has 6 saturated heterocycles. The van der Waals surface area contributed by atoms with E-state index in [1.165, 1.54) is 22.9 Å². The smallest absolute Gasteiger partial charge is 0.412 e. The average Bonchev–Trinajstić information content (AvgIpc) is 3.09. The molecule has 6 aliphatic heterocycles. The summed E-state index contributed by atoms with van der Waals surface area (Å²) in [6.45, 7) is 30.2. The van der Waals surface area contributed by atoms with Gasteiger partial charge in [-0.2, -0.15) is 0 Å². The van der Waals surface area contributed by atoms with E-state index in [4.69, 9.17) is 37.9 Å². The molecule has 6 heterocycles. The first-order valence-electron chi connectivity index (χ1n) is 18.6. The van der Waals surface area contributed by atoms with E-state index >= 15 is 0 Å². The van der Waals surface area contributed by atoms with Crippen molar-refractivity contribution in [1.29, 1.82) is 0 Å². The predicted molar refractivity (Wildman–Crippen MR) is 228 cm³/mol. The Morgan fingerprint density at radius 1 is 0.552 bits per heavy atom. The van der Waals surface area contributed by atoms with Crippen LogP contribution in [-0.2, 0) is 32.2 Å². The van der Waals surface area contributed by atoms with E-state index in [-0.39, 0.29) is 38.3 Å². The van der Waals surface area contributed by atoms with Gasteiger partial charge in [-0.15, -0.1) is 0 Å². The van der Waals surface area contributed by atoms with Crippen molar-refractivity contribution in [2.24, 2.45) is 5.73 Å². The molecule has 0 aromatic carbocycles. The van der Waals surface area contributed by atoms with Crippen LogP contribution in [0.2, 0.25) is 4.94 Å². The van der Waals surface area contributed by atoms with Crippen LogP contribution in [0.4, 0.5) is 0 Å². The second-order valence-electron chi connectivity index (χ2n) is 11.4. The third kappa shape index (κ3) is 36.3. The number of fused-ring (bicyclic) bond motifs is 12. The largest absolute Gasteiger partial charge is 0.412 e. The number of nitrogens with two attached hydrogens (primary N) is 1. The quantitative estimate of drug-likeness (QED) is 0.0930. The summed E-state index contributed by atoms with van der Waals surface area (Å²) in [6, 6.07) is 0. The van der Waals surface area contributed by atoms with Crippen LogP contribution in [0.25, 0.3) is 0 Å². The molecular weight excluding hydrogens is 1310 g/mol. The van der Waals surface area contributed by atoms with Gasteiger partial charge < -0.3 is 38.3 Å². The van der Waals surface area contributed by atoms with E-state index < -0.39 is 83.6 Å². The summed E-state index contributed by atoms with van der Waals surface area (Å²) in [4.78, 5) is 11.5. The molecule has 0 aromatic heterocycles. The van der Waals surface area contributed by atoms with Crippen LogP contribution in [0.15, 0.2) is 0 Å². The van der Waals surface area contributed by atoms with Gasteiger partial charge in [-0.25, -0.2) is 0 Å². The van der Waals surface area contributed by atoms with Gasteiger partial charge in [0.25, 0.3) is 0 Å². The first kappa shape index (κ1) is 75.4. The van der Waals surface area contributed by atoms with E-state index in [9.17, 15) is 0 Å². The molecule has 58 heavy (non-hydrogen) atoms. The van der Waals surface area contributed by atoms with Crippen LogP contribution < -0.4 is 5.73 Å². The van der Waals surface area contributed by atoms with Gasteiger partial charge in [0.05, 0.1) is 0 Å². The topological polar surface area (TPSA) is 361 Å². The molecule has 6 rings (SSSR count). The Balaban J connectivity index is -0.000000128. The molecule has 0 aromatic rings. The number of nitrogens with zero attached hydrogens (tertiary/aromatic N) is 4. The molecule has 0 aliphatic carbocycles. The normalized spacial score (nSPS) is 23.1. The molecule has 16 N–H and O–H groups in total. The van der Waals surface area contributed by atoms with Crippen LogP contribution in [0.3, 0.4) is 0 Å². The number of hydrogen-bond donors (Lipinski definition) is 1. The molecule has 355 valence electrons.